The fourth-order valence-corrected chi connectivity index (χ4v) is 1.71. The summed E-state index contributed by atoms with van der Waals surface area (Å²) in [7, 11) is 0. The van der Waals surface area contributed by atoms with Crippen LogP contribution in [0.5, 0.6) is 11.5 Å². The van der Waals surface area contributed by atoms with Crippen LogP contribution in [0.3, 0.4) is 0 Å². The summed E-state index contributed by atoms with van der Waals surface area (Å²) in [6.07, 6.45) is 0. The maximum atomic E-state index is 10.8. The Labute approximate surface area is 101 Å². The van der Waals surface area contributed by atoms with Crippen LogP contribution >= 0.6 is 0 Å². The molecular formula is C12H11NO3S. The van der Waals surface area contributed by atoms with Crippen molar-refractivity contribution in [3.05, 3.63) is 48.5 Å². The van der Waals surface area contributed by atoms with Gasteiger partial charge in [0.15, 0.2) is 11.1 Å². The Hall–Kier alpha value is -1.85. The molecule has 5 heteroatoms. The van der Waals surface area contributed by atoms with E-state index in [-0.39, 0.29) is 0 Å². The Kier molecular flexibility index (Phi) is 3.41. The molecule has 2 rings (SSSR count). The van der Waals surface area contributed by atoms with Gasteiger partial charge in [-0.2, -0.15) is 0 Å². The van der Waals surface area contributed by atoms with Crippen molar-refractivity contribution in [1.29, 1.82) is 0 Å². The van der Waals surface area contributed by atoms with Crippen molar-refractivity contribution in [2.24, 2.45) is 0 Å². The molecule has 4 nitrogen and oxygen atoms in total. The predicted octanol–water partition coefficient (Wildman–Crippen LogP) is 2.64. The lowest BCUT2D eigenvalue weighted by Crippen LogP contribution is -1.90. The predicted molar refractivity (Wildman–Crippen MR) is 66.4 cm³/mol. The van der Waals surface area contributed by atoms with Crippen LogP contribution in [-0.4, -0.2) is 8.76 Å². The Morgan fingerprint density at radius 2 is 1.76 bits per heavy atom. The number of hydrogen-bond donors (Lipinski definition) is 2. The number of ether oxygens (including phenoxy) is 1. The smallest absolute Gasteiger partial charge is 0.186 e. The summed E-state index contributed by atoms with van der Waals surface area (Å²) in [5, 5.41) is 0. The highest BCUT2D eigenvalue weighted by Gasteiger charge is 2.01. The van der Waals surface area contributed by atoms with Gasteiger partial charge >= 0.3 is 0 Å². The van der Waals surface area contributed by atoms with Crippen LogP contribution in [-0.2, 0) is 11.1 Å². The standard InChI is InChI=1S/C12H11NO3S/c13-9-2-1-3-11(8-9)16-10-4-6-12(7-5-10)17(14)15/h1-8H,13H2,(H,14,15). The quantitative estimate of drug-likeness (QED) is 0.648. The van der Waals surface area contributed by atoms with Crippen molar-refractivity contribution in [2.75, 3.05) is 5.73 Å². The lowest BCUT2D eigenvalue weighted by atomic mass is 10.3. The second-order valence-corrected chi connectivity index (χ2v) is 4.36. The molecule has 3 N–H and O–H groups in total. The largest absolute Gasteiger partial charge is 0.457 e. The molecule has 0 radical (unpaired) electrons. The van der Waals surface area contributed by atoms with Crippen molar-refractivity contribution in [1.82, 2.24) is 0 Å². The van der Waals surface area contributed by atoms with Gasteiger partial charge in [0.05, 0.1) is 4.90 Å². The lowest BCUT2D eigenvalue weighted by Gasteiger charge is -2.06. The van der Waals surface area contributed by atoms with Crippen molar-refractivity contribution in [2.45, 2.75) is 4.90 Å². The van der Waals surface area contributed by atoms with Crippen LogP contribution in [0.15, 0.2) is 53.4 Å². The van der Waals surface area contributed by atoms with Crippen molar-refractivity contribution >= 4 is 16.8 Å². The van der Waals surface area contributed by atoms with Gasteiger partial charge in [-0.15, -0.1) is 0 Å². The van der Waals surface area contributed by atoms with Gasteiger partial charge in [0.25, 0.3) is 0 Å². The Bertz CT molecular complexity index is 540. The van der Waals surface area contributed by atoms with E-state index in [4.69, 9.17) is 15.0 Å². The molecule has 0 bridgehead atoms. The molecule has 2 aromatic rings. The molecule has 2 aromatic carbocycles. The normalized spacial score (nSPS) is 12.1. The summed E-state index contributed by atoms with van der Waals surface area (Å²) in [5.74, 6) is 1.22. The van der Waals surface area contributed by atoms with Gasteiger partial charge in [-0.1, -0.05) is 6.07 Å². The van der Waals surface area contributed by atoms with Crippen molar-refractivity contribution in [3.63, 3.8) is 0 Å². The summed E-state index contributed by atoms with van der Waals surface area (Å²) >= 11 is -1.96. The monoisotopic (exact) mass is 249 g/mol. The summed E-state index contributed by atoms with van der Waals surface area (Å²) in [6.45, 7) is 0. The van der Waals surface area contributed by atoms with Crippen LogP contribution in [0.4, 0.5) is 5.69 Å². The molecule has 17 heavy (non-hydrogen) atoms. The van der Waals surface area contributed by atoms with Gasteiger partial charge in [0.1, 0.15) is 11.5 Å². The summed E-state index contributed by atoms with van der Waals surface area (Å²) in [5.41, 5.74) is 6.24. The van der Waals surface area contributed by atoms with E-state index in [1.54, 1.807) is 36.4 Å². The van der Waals surface area contributed by atoms with Crippen LogP contribution in [0.25, 0.3) is 0 Å². The first-order chi connectivity index (χ1) is 8.15. The van der Waals surface area contributed by atoms with E-state index >= 15 is 0 Å². The zero-order valence-electron chi connectivity index (χ0n) is 8.87. The SMILES string of the molecule is Nc1cccc(Oc2ccc(S(=O)O)cc2)c1. The molecule has 0 aliphatic heterocycles. The average molecular weight is 249 g/mol. The minimum Gasteiger partial charge on any atom is -0.457 e. The van der Waals surface area contributed by atoms with Gasteiger partial charge in [-0.05, 0) is 36.4 Å². The zero-order chi connectivity index (χ0) is 12.3. The van der Waals surface area contributed by atoms with Crippen LogP contribution in [0.1, 0.15) is 0 Å². The van der Waals surface area contributed by atoms with E-state index in [0.717, 1.165) is 0 Å². The highest BCUT2D eigenvalue weighted by Crippen LogP contribution is 2.23. The maximum absolute atomic E-state index is 10.8. The minimum absolute atomic E-state index is 0.338. The number of nitrogens with two attached hydrogens (primary N) is 1. The van der Waals surface area contributed by atoms with Gasteiger partial charge in [-0.3, -0.25) is 0 Å². The average Bonchev–Trinajstić information content (AvgIpc) is 2.29. The minimum atomic E-state index is -1.96. The Morgan fingerprint density at radius 3 is 2.35 bits per heavy atom. The highest BCUT2D eigenvalue weighted by atomic mass is 32.2. The molecular weight excluding hydrogens is 238 g/mol. The molecule has 0 fully saturated rings. The molecule has 1 unspecified atom stereocenters. The summed E-state index contributed by atoms with van der Waals surface area (Å²) < 4.78 is 25.2. The van der Waals surface area contributed by atoms with E-state index in [1.807, 2.05) is 0 Å². The van der Waals surface area contributed by atoms with E-state index < -0.39 is 11.1 Å². The first-order valence-corrected chi connectivity index (χ1v) is 6.00. The molecule has 0 amide bonds. The third-order valence-corrected chi connectivity index (χ3v) is 2.79. The third kappa shape index (κ3) is 3.05. The highest BCUT2D eigenvalue weighted by molar-refractivity contribution is 7.79. The van der Waals surface area contributed by atoms with E-state index in [2.05, 4.69) is 0 Å². The van der Waals surface area contributed by atoms with Crippen LogP contribution in [0, 0.1) is 0 Å². The Morgan fingerprint density at radius 1 is 1.06 bits per heavy atom. The fraction of sp³-hybridized carbons (Fsp3) is 0. The number of anilines is 1. The Balaban J connectivity index is 2.16. The first-order valence-electron chi connectivity index (χ1n) is 4.89. The molecule has 0 spiro atoms. The summed E-state index contributed by atoms with van der Waals surface area (Å²) in [4.78, 5) is 0.338. The van der Waals surface area contributed by atoms with Gasteiger partial charge in [-0.25, -0.2) is 4.21 Å². The molecule has 88 valence electrons. The molecule has 0 aliphatic rings. The lowest BCUT2D eigenvalue weighted by molar-refractivity contribution is 0.482. The molecule has 0 saturated carbocycles. The first kappa shape index (κ1) is 11.6. The van der Waals surface area contributed by atoms with Crippen LogP contribution < -0.4 is 10.5 Å². The van der Waals surface area contributed by atoms with Crippen LogP contribution in [0.2, 0.25) is 0 Å². The number of benzene rings is 2. The van der Waals surface area contributed by atoms with Gasteiger partial charge in [0.2, 0.25) is 0 Å². The third-order valence-electron chi connectivity index (χ3n) is 2.12. The maximum Gasteiger partial charge on any atom is 0.186 e. The van der Waals surface area contributed by atoms with Crippen molar-refractivity contribution < 1.29 is 13.5 Å². The number of hydrogen-bond acceptors (Lipinski definition) is 3. The molecule has 1 atom stereocenters. The van der Waals surface area contributed by atoms with Gasteiger partial charge in [0, 0.05) is 11.8 Å². The second-order valence-electron chi connectivity index (χ2n) is 3.40. The zero-order valence-corrected chi connectivity index (χ0v) is 9.68. The number of nitrogen functional groups attached to an aromatic ring is 1. The second kappa shape index (κ2) is 4.99. The molecule has 0 aromatic heterocycles. The fourth-order valence-electron chi connectivity index (χ4n) is 1.34. The molecule has 0 heterocycles. The number of rotatable bonds is 3. The topological polar surface area (TPSA) is 72.5 Å². The van der Waals surface area contributed by atoms with Gasteiger partial charge < -0.3 is 15.0 Å². The van der Waals surface area contributed by atoms with E-state index in [1.165, 1.54) is 12.1 Å². The summed E-state index contributed by atoms with van der Waals surface area (Å²) in [6, 6.07) is 13.4. The van der Waals surface area contributed by atoms with E-state index in [9.17, 15) is 4.21 Å². The van der Waals surface area contributed by atoms with E-state index in [0.29, 0.717) is 22.1 Å². The molecule has 0 aliphatic carbocycles. The van der Waals surface area contributed by atoms with Crippen molar-refractivity contribution in [3.8, 4) is 11.5 Å². The molecule has 0 saturated heterocycles.